The van der Waals surface area contributed by atoms with Gasteiger partial charge in [-0.1, -0.05) is 42.5 Å². The molecule has 0 fully saturated rings. The van der Waals surface area contributed by atoms with Crippen molar-refractivity contribution < 1.29 is 9.53 Å². The number of hydrogen-bond donors (Lipinski definition) is 1. The average Bonchev–Trinajstić information content (AvgIpc) is 2.61. The lowest BCUT2D eigenvalue weighted by Gasteiger charge is -2.23. The number of benzene rings is 2. The van der Waals surface area contributed by atoms with Gasteiger partial charge in [-0.05, 0) is 48.9 Å². The minimum Gasteiger partial charge on any atom is -0.468 e. The van der Waals surface area contributed by atoms with E-state index in [1.165, 1.54) is 18.2 Å². The fourth-order valence-electron chi connectivity index (χ4n) is 3.13. The molecule has 2 aromatic carbocycles. The zero-order valence-electron chi connectivity index (χ0n) is 14.1. The van der Waals surface area contributed by atoms with Gasteiger partial charge in [0.15, 0.2) is 0 Å². The molecule has 1 atom stereocenters. The second kappa shape index (κ2) is 7.30. The first-order valence-corrected chi connectivity index (χ1v) is 8.25. The molecule has 0 bridgehead atoms. The molecule has 0 unspecified atom stereocenters. The summed E-state index contributed by atoms with van der Waals surface area (Å²) in [7, 11) is 1.53. The zero-order chi connectivity index (χ0) is 16.9. The molecule has 0 saturated carbocycles. The van der Waals surface area contributed by atoms with Crippen LogP contribution in [-0.4, -0.2) is 19.0 Å². The maximum Gasteiger partial charge on any atom is 0.292 e. The van der Waals surface area contributed by atoms with Crippen LogP contribution in [-0.2, 0) is 11.2 Å². The zero-order valence-corrected chi connectivity index (χ0v) is 14.1. The third-order valence-corrected chi connectivity index (χ3v) is 4.41. The van der Waals surface area contributed by atoms with Crippen LogP contribution < -0.4 is 5.32 Å². The van der Waals surface area contributed by atoms with E-state index < -0.39 is 0 Å². The van der Waals surface area contributed by atoms with Gasteiger partial charge in [0.25, 0.3) is 11.9 Å². The van der Waals surface area contributed by atoms with Crippen molar-refractivity contribution >= 4 is 11.9 Å². The van der Waals surface area contributed by atoms with Gasteiger partial charge < -0.3 is 4.74 Å². The molecular weight excluding hydrogens is 300 g/mol. The van der Waals surface area contributed by atoms with E-state index in [-0.39, 0.29) is 18.0 Å². The lowest BCUT2D eigenvalue weighted by atomic mass is 9.88. The second-order valence-corrected chi connectivity index (χ2v) is 6.01. The number of rotatable bonds is 2. The summed E-state index contributed by atoms with van der Waals surface area (Å²) in [4.78, 5) is 17.1. The van der Waals surface area contributed by atoms with E-state index in [9.17, 15) is 4.79 Å². The number of ether oxygens (including phenoxy) is 1. The molecule has 3 rings (SSSR count). The Morgan fingerprint density at radius 1 is 1.17 bits per heavy atom. The number of carbonyl (C=O) groups is 1. The maximum absolute atomic E-state index is 12.5. The number of nitrogens with one attached hydrogen (secondary N) is 1. The van der Waals surface area contributed by atoms with E-state index in [0.717, 1.165) is 24.8 Å². The molecule has 0 saturated heterocycles. The number of carbonyl (C=O) groups excluding carboxylic acids is 1. The fraction of sp³-hybridized carbons (Fsp3) is 0.300. The molecule has 124 valence electrons. The number of amidine groups is 1. The molecule has 1 amide bonds. The summed E-state index contributed by atoms with van der Waals surface area (Å²) < 4.78 is 5.32. The Balaban J connectivity index is 1.81. The number of nitrogens with zero attached hydrogens (tertiary/aromatic N) is 1. The van der Waals surface area contributed by atoms with Crippen molar-refractivity contribution in [2.75, 3.05) is 7.11 Å². The fourth-order valence-corrected chi connectivity index (χ4v) is 3.13. The summed E-state index contributed by atoms with van der Waals surface area (Å²) in [5.74, 6) is -0.196. The summed E-state index contributed by atoms with van der Waals surface area (Å²) in [6.07, 6.45) is 3.14. The number of methoxy groups -OCH3 is 1. The minimum atomic E-state index is -0.196. The van der Waals surface area contributed by atoms with E-state index in [1.807, 2.05) is 31.2 Å². The predicted octanol–water partition coefficient (Wildman–Crippen LogP) is 3.80. The summed E-state index contributed by atoms with van der Waals surface area (Å²) in [6, 6.07) is 16.1. The van der Waals surface area contributed by atoms with Crippen molar-refractivity contribution in [2.45, 2.75) is 32.2 Å². The number of aryl methyl sites for hydroxylation is 2. The van der Waals surface area contributed by atoms with Crippen molar-refractivity contribution in [3.63, 3.8) is 0 Å². The second-order valence-electron chi connectivity index (χ2n) is 6.01. The van der Waals surface area contributed by atoms with E-state index in [1.54, 1.807) is 6.07 Å². The number of aliphatic imine (C=N–C) groups is 1. The van der Waals surface area contributed by atoms with Crippen LogP contribution in [0.2, 0.25) is 0 Å². The Morgan fingerprint density at radius 2 is 1.92 bits per heavy atom. The third-order valence-electron chi connectivity index (χ3n) is 4.41. The predicted molar refractivity (Wildman–Crippen MR) is 95.2 cm³/mol. The van der Waals surface area contributed by atoms with Gasteiger partial charge >= 0.3 is 0 Å². The van der Waals surface area contributed by atoms with Crippen molar-refractivity contribution in [2.24, 2.45) is 4.99 Å². The molecule has 0 heterocycles. The Kier molecular flexibility index (Phi) is 4.94. The van der Waals surface area contributed by atoms with Crippen LogP contribution in [0.15, 0.2) is 53.5 Å². The van der Waals surface area contributed by atoms with Gasteiger partial charge in [-0.15, -0.1) is 0 Å². The highest BCUT2D eigenvalue weighted by molar-refractivity contribution is 6.04. The molecule has 24 heavy (non-hydrogen) atoms. The van der Waals surface area contributed by atoms with Gasteiger partial charge in [0.05, 0.1) is 13.2 Å². The monoisotopic (exact) mass is 322 g/mol. The first-order valence-electron chi connectivity index (χ1n) is 8.25. The molecular formula is C20H22N2O2. The highest BCUT2D eigenvalue weighted by Gasteiger charge is 2.21. The summed E-state index contributed by atoms with van der Waals surface area (Å²) in [5, 5.41) is 2.79. The van der Waals surface area contributed by atoms with Crippen molar-refractivity contribution in [1.82, 2.24) is 5.32 Å². The molecule has 1 aliphatic carbocycles. The smallest absolute Gasteiger partial charge is 0.292 e. The number of amides is 1. The molecule has 2 aromatic rings. The first kappa shape index (κ1) is 16.2. The Hall–Kier alpha value is -2.62. The standard InChI is InChI=1S/C20H22N2O2/c1-14-8-3-5-11-16(14)19(23)22-20(24-2)21-18-13-7-10-15-9-4-6-12-17(15)18/h3-6,8-9,11-12,18H,7,10,13H2,1-2H3,(H,21,22,23)/t18-/m0/s1. The van der Waals surface area contributed by atoms with Crippen LogP contribution in [0.4, 0.5) is 0 Å². The van der Waals surface area contributed by atoms with E-state index >= 15 is 0 Å². The summed E-state index contributed by atoms with van der Waals surface area (Å²) in [5.41, 5.74) is 4.11. The van der Waals surface area contributed by atoms with Crippen LogP contribution in [0, 0.1) is 6.92 Å². The molecule has 0 spiro atoms. The topological polar surface area (TPSA) is 50.7 Å². The Labute approximate surface area is 142 Å². The lowest BCUT2D eigenvalue weighted by molar-refractivity contribution is 0.0967. The van der Waals surface area contributed by atoms with Gasteiger partial charge in [-0.25, -0.2) is 4.99 Å². The number of fused-ring (bicyclic) bond motifs is 1. The average molecular weight is 322 g/mol. The Morgan fingerprint density at radius 3 is 2.71 bits per heavy atom. The van der Waals surface area contributed by atoms with Crippen LogP contribution in [0.25, 0.3) is 0 Å². The normalized spacial score (nSPS) is 17.1. The molecule has 4 nitrogen and oxygen atoms in total. The van der Waals surface area contributed by atoms with Gasteiger partial charge in [0, 0.05) is 5.56 Å². The van der Waals surface area contributed by atoms with E-state index in [4.69, 9.17) is 4.74 Å². The lowest BCUT2D eigenvalue weighted by Crippen LogP contribution is -2.33. The Bertz CT molecular complexity index is 768. The summed E-state index contributed by atoms with van der Waals surface area (Å²) >= 11 is 0. The largest absolute Gasteiger partial charge is 0.468 e. The summed E-state index contributed by atoms with van der Waals surface area (Å²) in [6.45, 7) is 1.91. The molecule has 0 radical (unpaired) electrons. The van der Waals surface area contributed by atoms with Gasteiger partial charge in [-0.2, -0.15) is 0 Å². The van der Waals surface area contributed by atoms with Gasteiger partial charge in [-0.3, -0.25) is 10.1 Å². The minimum absolute atomic E-state index is 0.0297. The first-order chi connectivity index (χ1) is 11.7. The van der Waals surface area contributed by atoms with Crippen LogP contribution in [0.3, 0.4) is 0 Å². The third kappa shape index (κ3) is 3.48. The molecule has 0 aliphatic heterocycles. The molecule has 1 aliphatic rings. The van der Waals surface area contributed by atoms with Gasteiger partial charge in [0.2, 0.25) is 0 Å². The van der Waals surface area contributed by atoms with Crippen LogP contribution >= 0.6 is 0 Å². The van der Waals surface area contributed by atoms with E-state index in [0.29, 0.717) is 5.56 Å². The molecule has 1 N–H and O–H groups in total. The van der Waals surface area contributed by atoms with Gasteiger partial charge in [0.1, 0.15) is 0 Å². The van der Waals surface area contributed by atoms with Crippen molar-refractivity contribution in [3.05, 3.63) is 70.8 Å². The number of hydrogen-bond acceptors (Lipinski definition) is 3. The van der Waals surface area contributed by atoms with Crippen LogP contribution in [0.1, 0.15) is 45.9 Å². The SMILES string of the molecule is COC(=N[C@H]1CCCc2ccccc21)NC(=O)c1ccccc1C. The van der Waals surface area contributed by atoms with E-state index in [2.05, 4.69) is 28.5 Å². The maximum atomic E-state index is 12.5. The van der Waals surface area contributed by atoms with Crippen molar-refractivity contribution in [1.29, 1.82) is 0 Å². The van der Waals surface area contributed by atoms with Crippen LogP contribution in [0.5, 0.6) is 0 Å². The molecule has 0 aromatic heterocycles. The highest BCUT2D eigenvalue weighted by atomic mass is 16.5. The molecule has 4 heteroatoms. The quantitative estimate of drug-likeness (QED) is 0.675. The van der Waals surface area contributed by atoms with Crippen molar-refractivity contribution in [3.8, 4) is 0 Å². The highest BCUT2D eigenvalue weighted by Crippen LogP contribution is 2.32.